The molecule has 0 saturated carbocycles. The number of benzene rings is 1. The molecule has 0 spiro atoms. The highest BCUT2D eigenvalue weighted by atomic mass is 16.5. The van der Waals surface area contributed by atoms with Crippen molar-refractivity contribution in [2.24, 2.45) is 0 Å². The lowest BCUT2D eigenvalue weighted by atomic mass is 9.94. The van der Waals surface area contributed by atoms with Crippen LogP contribution in [-0.4, -0.2) is 30.1 Å². The molecular weight excluding hydrogens is 214 g/mol. The molecular formula is C14H19NO2. The summed E-state index contributed by atoms with van der Waals surface area (Å²) in [5, 5.41) is 0. The number of hydrogen-bond donors (Lipinski definition) is 0. The minimum Gasteiger partial charge on any atom is -0.465 e. The minimum absolute atomic E-state index is 0.0937. The third kappa shape index (κ3) is 2.50. The predicted octanol–water partition coefficient (Wildman–Crippen LogP) is 2.00. The van der Waals surface area contributed by atoms with Crippen molar-refractivity contribution < 1.29 is 9.53 Å². The van der Waals surface area contributed by atoms with Crippen LogP contribution in [0, 0.1) is 0 Å². The van der Waals surface area contributed by atoms with Gasteiger partial charge in [-0.15, -0.1) is 0 Å². The van der Waals surface area contributed by atoms with Crippen LogP contribution < -0.4 is 0 Å². The Bertz CT molecular complexity index is 403. The number of hydrogen-bond acceptors (Lipinski definition) is 3. The van der Waals surface area contributed by atoms with Crippen molar-refractivity contribution in [2.75, 3.05) is 13.2 Å². The summed E-state index contributed by atoms with van der Waals surface area (Å²) in [7, 11) is 0. The maximum atomic E-state index is 11.9. The molecule has 1 aromatic rings. The van der Waals surface area contributed by atoms with E-state index in [2.05, 4.69) is 30.0 Å². The third-order valence-electron chi connectivity index (χ3n) is 3.31. The van der Waals surface area contributed by atoms with Crippen LogP contribution in [0.1, 0.15) is 25.0 Å². The van der Waals surface area contributed by atoms with Crippen LogP contribution in [-0.2, 0) is 22.5 Å². The largest absolute Gasteiger partial charge is 0.465 e. The fraction of sp³-hybridized carbons (Fsp3) is 0.500. The van der Waals surface area contributed by atoms with Gasteiger partial charge in [-0.1, -0.05) is 31.2 Å². The van der Waals surface area contributed by atoms with Gasteiger partial charge in [0.1, 0.15) is 6.04 Å². The molecule has 1 atom stereocenters. The first-order valence-corrected chi connectivity index (χ1v) is 6.23. The van der Waals surface area contributed by atoms with E-state index in [9.17, 15) is 4.79 Å². The van der Waals surface area contributed by atoms with E-state index in [-0.39, 0.29) is 12.0 Å². The van der Waals surface area contributed by atoms with Gasteiger partial charge in [0.15, 0.2) is 0 Å². The maximum Gasteiger partial charge on any atom is 0.323 e. The lowest BCUT2D eigenvalue weighted by molar-refractivity contribution is -0.150. The van der Waals surface area contributed by atoms with Crippen LogP contribution in [0.3, 0.4) is 0 Å². The number of esters is 1. The Balaban J connectivity index is 2.21. The monoisotopic (exact) mass is 233 g/mol. The van der Waals surface area contributed by atoms with Crippen LogP contribution in [0.25, 0.3) is 0 Å². The summed E-state index contributed by atoms with van der Waals surface area (Å²) < 4.78 is 5.15. The van der Waals surface area contributed by atoms with Crippen molar-refractivity contribution >= 4 is 5.97 Å². The normalized spacial score (nSPS) is 19.8. The van der Waals surface area contributed by atoms with Crippen molar-refractivity contribution in [1.82, 2.24) is 4.90 Å². The molecule has 0 bridgehead atoms. The van der Waals surface area contributed by atoms with Crippen molar-refractivity contribution in [3.8, 4) is 0 Å². The van der Waals surface area contributed by atoms with Gasteiger partial charge in [0.25, 0.3) is 0 Å². The summed E-state index contributed by atoms with van der Waals surface area (Å²) in [6.07, 6.45) is 0.767. The second kappa shape index (κ2) is 5.32. The van der Waals surface area contributed by atoms with Gasteiger partial charge in [0.2, 0.25) is 0 Å². The van der Waals surface area contributed by atoms with E-state index in [0.717, 1.165) is 19.5 Å². The van der Waals surface area contributed by atoms with Crippen LogP contribution in [0.2, 0.25) is 0 Å². The van der Waals surface area contributed by atoms with Crippen LogP contribution in [0.5, 0.6) is 0 Å². The summed E-state index contributed by atoms with van der Waals surface area (Å²) in [5.74, 6) is -0.0937. The summed E-state index contributed by atoms with van der Waals surface area (Å²) in [4.78, 5) is 14.1. The van der Waals surface area contributed by atoms with Crippen molar-refractivity contribution in [3.63, 3.8) is 0 Å². The van der Waals surface area contributed by atoms with E-state index in [1.54, 1.807) is 0 Å². The Morgan fingerprint density at radius 3 is 2.71 bits per heavy atom. The van der Waals surface area contributed by atoms with Crippen molar-refractivity contribution in [3.05, 3.63) is 35.4 Å². The zero-order chi connectivity index (χ0) is 12.3. The maximum absolute atomic E-state index is 11.9. The van der Waals surface area contributed by atoms with Crippen molar-refractivity contribution in [1.29, 1.82) is 0 Å². The first-order valence-electron chi connectivity index (χ1n) is 6.23. The molecule has 1 heterocycles. The number of fused-ring (bicyclic) bond motifs is 1. The Kier molecular flexibility index (Phi) is 3.79. The quantitative estimate of drug-likeness (QED) is 0.748. The highest BCUT2D eigenvalue weighted by Gasteiger charge is 2.31. The van der Waals surface area contributed by atoms with Gasteiger partial charge in [-0.3, -0.25) is 9.69 Å². The van der Waals surface area contributed by atoms with Crippen LogP contribution >= 0.6 is 0 Å². The van der Waals surface area contributed by atoms with E-state index in [1.165, 1.54) is 11.1 Å². The molecule has 0 fully saturated rings. The molecule has 3 heteroatoms. The summed E-state index contributed by atoms with van der Waals surface area (Å²) in [6, 6.07) is 8.21. The molecule has 2 rings (SSSR count). The topological polar surface area (TPSA) is 29.5 Å². The minimum atomic E-state index is -0.116. The molecule has 17 heavy (non-hydrogen) atoms. The average Bonchev–Trinajstić information content (AvgIpc) is 2.37. The lowest BCUT2D eigenvalue weighted by Gasteiger charge is -2.34. The van der Waals surface area contributed by atoms with Crippen LogP contribution in [0.15, 0.2) is 24.3 Å². The Morgan fingerprint density at radius 1 is 1.35 bits per heavy atom. The Labute approximate surface area is 102 Å². The molecule has 0 amide bonds. The molecule has 0 aliphatic carbocycles. The Hall–Kier alpha value is -1.35. The van der Waals surface area contributed by atoms with Gasteiger partial charge in [-0.2, -0.15) is 0 Å². The van der Waals surface area contributed by atoms with E-state index in [0.29, 0.717) is 6.61 Å². The van der Waals surface area contributed by atoms with Crippen molar-refractivity contribution in [2.45, 2.75) is 32.9 Å². The smallest absolute Gasteiger partial charge is 0.323 e. The number of carbonyl (C=O) groups excluding carboxylic acids is 1. The van der Waals surface area contributed by atoms with E-state index < -0.39 is 0 Å². The molecule has 0 saturated heterocycles. The fourth-order valence-corrected chi connectivity index (χ4v) is 2.38. The third-order valence-corrected chi connectivity index (χ3v) is 3.31. The summed E-state index contributed by atoms with van der Waals surface area (Å²) >= 11 is 0. The predicted molar refractivity (Wildman–Crippen MR) is 66.7 cm³/mol. The zero-order valence-corrected chi connectivity index (χ0v) is 10.5. The molecule has 0 N–H and O–H groups in total. The highest BCUT2D eigenvalue weighted by molar-refractivity contribution is 5.76. The van der Waals surface area contributed by atoms with Gasteiger partial charge in [0.05, 0.1) is 6.61 Å². The standard InChI is InChI=1S/C14H19NO2/c1-3-15-10-12-8-6-5-7-11(12)9-13(15)14(16)17-4-2/h5-8,13H,3-4,9-10H2,1-2H3. The van der Waals surface area contributed by atoms with E-state index in [4.69, 9.17) is 4.74 Å². The molecule has 1 aliphatic heterocycles. The van der Waals surface area contributed by atoms with E-state index in [1.807, 2.05) is 13.0 Å². The first kappa shape index (κ1) is 12.1. The molecule has 3 nitrogen and oxygen atoms in total. The average molecular weight is 233 g/mol. The van der Waals surface area contributed by atoms with E-state index >= 15 is 0 Å². The molecule has 92 valence electrons. The highest BCUT2D eigenvalue weighted by Crippen LogP contribution is 2.23. The van der Waals surface area contributed by atoms with Gasteiger partial charge in [0, 0.05) is 6.54 Å². The van der Waals surface area contributed by atoms with Gasteiger partial charge < -0.3 is 4.74 Å². The number of rotatable bonds is 3. The second-order valence-corrected chi connectivity index (χ2v) is 4.30. The number of ether oxygens (including phenoxy) is 1. The number of nitrogens with zero attached hydrogens (tertiary/aromatic N) is 1. The molecule has 0 radical (unpaired) electrons. The zero-order valence-electron chi connectivity index (χ0n) is 10.5. The molecule has 1 aromatic carbocycles. The van der Waals surface area contributed by atoms with Gasteiger partial charge >= 0.3 is 5.97 Å². The Morgan fingerprint density at radius 2 is 2.06 bits per heavy atom. The van der Waals surface area contributed by atoms with Gasteiger partial charge in [-0.25, -0.2) is 0 Å². The van der Waals surface area contributed by atoms with Gasteiger partial charge in [-0.05, 0) is 31.0 Å². The fourth-order valence-electron chi connectivity index (χ4n) is 2.38. The number of carbonyl (C=O) groups is 1. The molecule has 0 aromatic heterocycles. The summed E-state index contributed by atoms with van der Waals surface area (Å²) in [5.41, 5.74) is 2.60. The SMILES string of the molecule is CCOC(=O)C1Cc2ccccc2CN1CC. The second-order valence-electron chi connectivity index (χ2n) is 4.30. The molecule has 1 unspecified atom stereocenters. The molecule has 1 aliphatic rings. The first-order chi connectivity index (χ1) is 8.26. The number of likely N-dealkylation sites (N-methyl/N-ethyl adjacent to an activating group) is 1. The lowest BCUT2D eigenvalue weighted by Crippen LogP contribution is -2.46. The van der Waals surface area contributed by atoms with Crippen LogP contribution in [0.4, 0.5) is 0 Å². The summed E-state index contributed by atoms with van der Waals surface area (Å²) in [6.45, 7) is 6.10.